The number of carboxylic acid groups (broad SMARTS) is 1. The Hall–Kier alpha value is -2.49. The first-order valence-electron chi connectivity index (χ1n) is 6.53. The Labute approximate surface area is 118 Å². The normalized spacial score (nSPS) is 10.2. The quantitative estimate of drug-likeness (QED) is 0.820. The summed E-state index contributed by atoms with van der Waals surface area (Å²) >= 11 is 0. The van der Waals surface area contributed by atoms with Crippen molar-refractivity contribution in [3.63, 3.8) is 0 Å². The van der Waals surface area contributed by atoms with Gasteiger partial charge in [-0.1, -0.05) is 30.3 Å². The van der Waals surface area contributed by atoms with E-state index in [1.165, 1.54) is 11.6 Å². The van der Waals surface area contributed by atoms with Gasteiger partial charge in [-0.3, -0.25) is 0 Å². The van der Waals surface area contributed by atoms with E-state index in [9.17, 15) is 4.79 Å². The largest absolute Gasteiger partial charge is 0.478 e. The van der Waals surface area contributed by atoms with Gasteiger partial charge in [0.25, 0.3) is 0 Å². The first kappa shape index (κ1) is 13.9. The number of rotatable bonds is 5. The molecule has 0 spiro atoms. The van der Waals surface area contributed by atoms with E-state index in [4.69, 9.17) is 10.8 Å². The van der Waals surface area contributed by atoms with Crippen LogP contribution in [0, 0.1) is 0 Å². The molecule has 104 valence electrons. The van der Waals surface area contributed by atoms with Crippen molar-refractivity contribution in [3.8, 4) is 0 Å². The second kappa shape index (κ2) is 6.10. The third-order valence-electron chi connectivity index (χ3n) is 3.21. The second-order valence-corrected chi connectivity index (χ2v) is 4.58. The molecule has 0 heterocycles. The number of nitrogens with two attached hydrogens (primary N) is 1. The molecule has 3 N–H and O–H groups in total. The maximum absolute atomic E-state index is 10.9. The van der Waals surface area contributed by atoms with Crippen LogP contribution in [0.5, 0.6) is 0 Å². The summed E-state index contributed by atoms with van der Waals surface area (Å²) in [5.74, 6) is -0.964. The summed E-state index contributed by atoms with van der Waals surface area (Å²) in [6.45, 7) is 3.59. The van der Waals surface area contributed by atoms with E-state index in [-0.39, 0.29) is 5.56 Å². The molecule has 0 aliphatic rings. The predicted octanol–water partition coefficient (Wildman–Crippen LogP) is 2.99. The number of benzene rings is 2. The number of hydrogen-bond acceptors (Lipinski definition) is 3. The van der Waals surface area contributed by atoms with Crippen LogP contribution in [0.25, 0.3) is 0 Å². The number of carbonyl (C=O) groups is 1. The molecular weight excluding hydrogens is 252 g/mol. The summed E-state index contributed by atoms with van der Waals surface area (Å²) in [5, 5.41) is 8.96. The summed E-state index contributed by atoms with van der Waals surface area (Å²) in [5.41, 5.74) is 8.74. The molecule has 0 fully saturated rings. The minimum absolute atomic E-state index is 0.210. The third kappa shape index (κ3) is 3.09. The zero-order valence-corrected chi connectivity index (χ0v) is 11.4. The standard InChI is InChI=1S/C16H18N2O2/c1-2-18(11-12-6-4-3-5-7-12)15-9-8-13(16(19)20)10-14(15)17/h3-10H,2,11,17H2,1H3,(H,19,20). The lowest BCUT2D eigenvalue weighted by Gasteiger charge is -2.25. The molecule has 0 radical (unpaired) electrons. The highest BCUT2D eigenvalue weighted by molar-refractivity contribution is 5.90. The summed E-state index contributed by atoms with van der Waals surface area (Å²) in [6, 6.07) is 15.0. The van der Waals surface area contributed by atoms with Crippen LogP contribution in [0.15, 0.2) is 48.5 Å². The van der Waals surface area contributed by atoms with Gasteiger partial charge in [-0.05, 0) is 30.7 Å². The van der Waals surface area contributed by atoms with Crippen LogP contribution in [0.1, 0.15) is 22.8 Å². The molecule has 2 rings (SSSR count). The Morgan fingerprint density at radius 3 is 2.45 bits per heavy atom. The van der Waals surface area contributed by atoms with Gasteiger partial charge >= 0.3 is 5.97 Å². The van der Waals surface area contributed by atoms with Crippen molar-refractivity contribution in [2.45, 2.75) is 13.5 Å². The average molecular weight is 270 g/mol. The molecule has 0 aliphatic heterocycles. The van der Waals surface area contributed by atoms with E-state index in [1.807, 2.05) is 25.1 Å². The Balaban J connectivity index is 2.26. The lowest BCUT2D eigenvalue weighted by atomic mass is 10.1. The highest BCUT2D eigenvalue weighted by Gasteiger charge is 2.11. The van der Waals surface area contributed by atoms with Crippen molar-refractivity contribution in [1.29, 1.82) is 0 Å². The number of nitrogens with zero attached hydrogens (tertiary/aromatic N) is 1. The fraction of sp³-hybridized carbons (Fsp3) is 0.188. The van der Waals surface area contributed by atoms with Crippen LogP contribution in [-0.4, -0.2) is 17.6 Å². The van der Waals surface area contributed by atoms with Crippen molar-refractivity contribution in [1.82, 2.24) is 0 Å². The summed E-state index contributed by atoms with van der Waals surface area (Å²) < 4.78 is 0. The molecule has 4 nitrogen and oxygen atoms in total. The van der Waals surface area contributed by atoms with Gasteiger partial charge in [0.2, 0.25) is 0 Å². The van der Waals surface area contributed by atoms with Gasteiger partial charge in [-0.25, -0.2) is 4.79 Å². The van der Waals surface area contributed by atoms with Crippen LogP contribution in [-0.2, 0) is 6.54 Å². The van der Waals surface area contributed by atoms with Gasteiger partial charge in [0.15, 0.2) is 0 Å². The fourth-order valence-electron chi connectivity index (χ4n) is 2.15. The van der Waals surface area contributed by atoms with E-state index < -0.39 is 5.97 Å². The molecule has 2 aromatic carbocycles. The van der Waals surface area contributed by atoms with E-state index >= 15 is 0 Å². The van der Waals surface area contributed by atoms with E-state index in [0.717, 1.165) is 18.8 Å². The van der Waals surface area contributed by atoms with Gasteiger partial charge < -0.3 is 15.7 Å². The predicted molar refractivity (Wildman–Crippen MR) is 81.0 cm³/mol. The van der Waals surface area contributed by atoms with Crippen LogP contribution in [0.3, 0.4) is 0 Å². The van der Waals surface area contributed by atoms with Crippen LogP contribution >= 0.6 is 0 Å². The third-order valence-corrected chi connectivity index (χ3v) is 3.21. The van der Waals surface area contributed by atoms with Gasteiger partial charge in [0.1, 0.15) is 0 Å². The molecule has 0 aliphatic carbocycles. The first-order valence-corrected chi connectivity index (χ1v) is 6.53. The van der Waals surface area contributed by atoms with Crippen LogP contribution in [0.4, 0.5) is 11.4 Å². The SMILES string of the molecule is CCN(Cc1ccccc1)c1ccc(C(=O)O)cc1N. The molecule has 0 bridgehead atoms. The van der Waals surface area contributed by atoms with Gasteiger partial charge in [0.05, 0.1) is 16.9 Å². The lowest BCUT2D eigenvalue weighted by molar-refractivity contribution is 0.0697. The summed E-state index contributed by atoms with van der Waals surface area (Å²) in [4.78, 5) is 13.0. The number of carboxylic acids is 1. The molecule has 0 saturated carbocycles. The molecule has 20 heavy (non-hydrogen) atoms. The van der Waals surface area contributed by atoms with Gasteiger partial charge in [-0.15, -0.1) is 0 Å². The smallest absolute Gasteiger partial charge is 0.335 e. The molecule has 0 unspecified atom stereocenters. The highest BCUT2D eigenvalue weighted by Crippen LogP contribution is 2.25. The Kier molecular flexibility index (Phi) is 4.25. The molecular formula is C16H18N2O2. The fourth-order valence-corrected chi connectivity index (χ4v) is 2.15. The molecule has 0 saturated heterocycles. The Bertz CT molecular complexity index is 597. The van der Waals surface area contributed by atoms with Crippen molar-refractivity contribution in [3.05, 3.63) is 59.7 Å². The van der Waals surface area contributed by atoms with E-state index in [1.54, 1.807) is 12.1 Å². The maximum atomic E-state index is 10.9. The van der Waals surface area contributed by atoms with E-state index in [2.05, 4.69) is 17.0 Å². The number of nitrogen functional groups attached to an aromatic ring is 1. The highest BCUT2D eigenvalue weighted by atomic mass is 16.4. The monoisotopic (exact) mass is 270 g/mol. The molecule has 4 heteroatoms. The minimum atomic E-state index is -0.964. The van der Waals surface area contributed by atoms with Gasteiger partial charge in [-0.2, -0.15) is 0 Å². The first-order chi connectivity index (χ1) is 9.61. The molecule has 0 atom stereocenters. The average Bonchev–Trinajstić information content (AvgIpc) is 2.46. The number of hydrogen-bond donors (Lipinski definition) is 2. The van der Waals surface area contributed by atoms with Crippen LogP contribution < -0.4 is 10.6 Å². The van der Waals surface area contributed by atoms with Crippen molar-refractivity contribution < 1.29 is 9.90 Å². The molecule has 0 amide bonds. The summed E-state index contributed by atoms with van der Waals surface area (Å²) in [6.07, 6.45) is 0. The van der Waals surface area contributed by atoms with Crippen molar-refractivity contribution >= 4 is 17.3 Å². The summed E-state index contributed by atoms with van der Waals surface area (Å²) in [7, 11) is 0. The Morgan fingerprint density at radius 2 is 1.90 bits per heavy atom. The van der Waals surface area contributed by atoms with Gasteiger partial charge in [0, 0.05) is 13.1 Å². The van der Waals surface area contributed by atoms with Crippen LogP contribution in [0.2, 0.25) is 0 Å². The maximum Gasteiger partial charge on any atom is 0.335 e. The zero-order chi connectivity index (χ0) is 14.5. The lowest BCUT2D eigenvalue weighted by Crippen LogP contribution is -2.23. The molecule has 2 aromatic rings. The number of anilines is 2. The second-order valence-electron chi connectivity index (χ2n) is 4.58. The van der Waals surface area contributed by atoms with Crippen molar-refractivity contribution in [2.75, 3.05) is 17.2 Å². The minimum Gasteiger partial charge on any atom is -0.478 e. The zero-order valence-electron chi connectivity index (χ0n) is 11.4. The van der Waals surface area contributed by atoms with Crippen molar-refractivity contribution in [2.24, 2.45) is 0 Å². The Morgan fingerprint density at radius 1 is 1.20 bits per heavy atom. The topological polar surface area (TPSA) is 66.6 Å². The number of aromatic carboxylic acids is 1. The van der Waals surface area contributed by atoms with E-state index in [0.29, 0.717) is 5.69 Å². The molecule has 0 aromatic heterocycles.